The second-order valence-electron chi connectivity index (χ2n) is 3.50. The molecule has 1 atom stereocenters. The molecule has 1 rings (SSSR count). The zero-order chi connectivity index (χ0) is 13.8. The number of hydrogen-bond acceptors (Lipinski definition) is 3. The molecular formula is C11H9Cl3N2OS. The summed E-state index contributed by atoms with van der Waals surface area (Å²) in [5.74, 6) is -0.402. The van der Waals surface area contributed by atoms with Gasteiger partial charge in [0, 0.05) is 5.56 Å². The van der Waals surface area contributed by atoms with Crippen LogP contribution >= 0.6 is 47.0 Å². The Balaban J connectivity index is 2.85. The summed E-state index contributed by atoms with van der Waals surface area (Å²) in [4.78, 5) is 15.5. The number of carbonyl (C=O) groups is 1. The van der Waals surface area contributed by atoms with E-state index < -0.39 is 15.9 Å². The van der Waals surface area contributed by atoms with Crippen molar-refractivity contribution in [2.24, 2.45) is 4.99 Å². The molecule has 0 saturated carbocycles. The smallest absolute Gasteiger partial charge is 0.253 e. The second kappa shape index (κ2) is 6.50. The number of aryl methyl sites for hydroxylation is 1. The van der Waals surface area contributed by atoms with E-state index in [0.29, 0.717) is 5.56 Å². The van der Waals surface area contributed by atoms with E-state index in [0.717, 1.165) is 5.56 Å². The van der Waals surface area contributed by atoms with Crippen molar-refractivity contribution in [3.8, 4) is 0 Å². The van der Waals surface area contributed by atoms with Gasteiger partial charge in [-0.1, -0.05) is 52.5 Å². The minimum atomic E-state index is -1.79. The lowest BCUT2D eigenvalue weighted by Crippen LogP contribution is -2.42. The fraction of sp³-hybridized carbons (Fsp3) is 0.273. The van der Waals surface area contributed by atoms with Crippen molar-refractivity contribution < 1.29 is 4.79 Å². The number of aliphatic imine (C=N–C) groups is 1. The Hall–Kier alpha value is -0.640. The molecule has 0 aromatic heterocycles. The van der Waals surface area contributed by atoms with Crippen LogP contribution in [0.15, 0.2) is 29.3 Å². The van der Waals surface area contributed by atoms with Gasteiger partial charge in [-0.2, -0.15) is 0 Å². The fourth-order valence-electron chi connectivity index (χ4n) is 1.15. The van der Waals surface area contributed by atoms with Crippen LogP contribution in [0.2, 0.25) is 0 Å². The molecule has 0 heterocycles. The molecule has 1 unspecified atom stereocenters. The zero-order valence-corrected chi connectivity index (χ0v) is 12.4. The van der Waals surface area contributed by atoms with Crippen LogP contribution in [-0.2, 0) is 0 Å². The number of nitrogens with zero attached hydrogens (tertiary/aromatic N) is 1. The van der Waals surface area contributed by atoms with Gasteiger partial charge in [-0.25, -0.2) is 4.99 Å². The molecule has 3 nitrogen and oxygen atoms in total. The van der Waals surface area contributed by atoms with Crippen LogP contribution in [-0.4, -0.2) is 21.0 Å². The summed E-state index contributed by atoms with van der Waals surface area (Å²) in [5.41, 5.74) is 1.49. The van der Waals surface area contributed by atoms with E-state index in [1.165, 1.54) is 0 Å². The Bertz CT molecular complexity index is 478. The molecule has 1 aromatic carbocycles. The highest BCUT2D eigenvalue weighted by molar-refractivity contribution is 7.78. The minimum Gasteiger partial charge on any atom is -0.326 e. The summed E-state index contributed by atoms with van der Waals surface area (Å²) in [5, 5.41) is 4.54. The molecule has 0 spiro atoms. The minimum absolute atomic E-state index is 0.402. The molecule has 1 aromatic rings. The number of hydrogen-bond donors (Lipinski definition) is 1. The van der Waals surface area contributed by atoms with Crippen molar-refractivity contribution in [1.82, 2.24) is 5.32 Å². The fourth-order valence-corrected chi connectivity index (χ4v) is 1.57. The van der Waals surface area contributed by atoms with Crippen molar-refractivity contribution >= 4 is 58.1 Å². The third-order valence-corrected chi connectivity index (χ3v) is 2.80. The maximum Gasteiger partial charge on any atom is 0.253 e. The van der Waals surface area contributed by atoms with Crippen molar-refractivity contribution in [3.63, 3.8) is 0 Å². The first-order chi connectivity index (χ1) is 8.34. The molecule has 0 saturated heterocycles. The summed E-state index contributed by atoms with van der Waals surface area (Å²) >= 11 is 21.5. The first-order valence-corrected chi connectivity index (χ1v) is 6.40. The lowest BCUT2D eigenvalue weighted by atomic mass is 10.1. The lowest BCUT2D eigenvalue weighted by Gasteiger charge is -2.20. The zero-order valence-electron chi connectivity index (χ0n) is 9.28. The van der Waals surface area contributed by atoms with Gasteiger partial charge in [-0.3, -0.25) is 4.79 Å². The van der Waals surface area contributed by atoms with Crippen LogP contribution < -0.4 is 5.32 Å². The molecule has 0 bridgehead atoms. The summed E-state index contributed by atoms with van der Waals surface area (Å²) < 4.78 is -1.79. The molecule has 0 aliphatic carbocycles. The quantitative estimate of drug-likeness (QED) is 0.525. The van der Waals surface area contributed by atoms with E-state index in [-0.39, 0.29) is 0 Å². The normalized spacial score (nSPS) is 12.4. The number of halogens is 3. The molecule has 0 aliphatic rings. The van der Waals surface area contributed by atoms with E-state index in [9.17, 15) is 4.79 Å². The van der Waals surface area contributed by atoms with Gasteiger partial charge in [0.1, 0.15) is 0 Å². The largest absolute Gasteiger partial charge is 0.326 e. The molecular weight excluding hydrogens is 315 g/mol. The lowest BCUT2D eigenvalue weighted by molar-refractivity contribution is 0.0939. The highest BCUT2D eigenvalue weighted by Gasteiger charge is 2.33. The molecule has 0 radical (unpaired) electrons. The Morgan fingerprint density at radius 3 is 2.39 bits per heavy atom. The third-order valence-electron chi connectivity index (χ3n) is 2.07. The van der Waals surface area contributed by atoms with Crippen LogP contribution in [0.25, 0.3) is 0 Å². The van der Waals surface area contributed by atoms with E-state index in [2.05, 4.69) is 27.7 Å². The van der Waals surface area contributed by atoms with Gasteiger partial charge < -0.3 is 5.32 Å². The number of nitrogens with one attached hydrogen (secondary N) is 1. The molecule has 0 aliphatic heterocycles. The van der Waals surface area contributed by atoms with Crippen molar-refractivity contribution in [1.29, 1.82) is 0 Å². The number of amides is 1. The van der Waals surface area contributed by atoms with Gasteiger partial charge in [-0.05, 0) is 31.3 Å². The maximum atomic E-state index is 11.9. The van der Waals surface area contributed by atoms with Crippen LogP contribution in [0.4, 0.5) is 0 Å². The van der Waals surface area contributed by atoms with Gasteiger partial charge in [-0.15, -0.1) is 0 Å². The predicted octanol–water partition coefficient (Wildman–Crippen LogP) is 3.52. The van der Waals surface area contributed by atoms with E-state index in [4.69, 9.17) is 34.8 Å². The number of carbonyl (C=O) groups excluding carboxylic acids is 1. The number of alkyl halides is 3. The first kappa shape index (κ1) is 15.4. The molecule has 7 heteroatoms. The van der Waals surface area contributed by atoms with Gasteiger partial charge in [0.15, 0.2) is 6.17 Å². The third kappa shape index (κ3) is 4.56. The standard InChI is InChI=1S/C11H9Cl3N2OS/c1-7-2-4-8(5-3-7)9(17)16-10(15-6-18)11(12,13)14/h2-5,10H,1H3,(H,16,17). The second-order valence-corrected chi connectivity index (χ2v) is 6.06. The van der Waals surface area contributed by atoms with Crippen LogP contribution in [0, 0.1) is 6.92 Å². The Kier molecular flexibility index (Phi) is 5.57. The number of isothiocyanates is 1. The first-order valence-electron chi connectivity index (χ1n) is 4.86. The van der Waals surface area contributed by atoms with Crippen LogP contribution in [0.3, 0.4) is 0 Å². The van der Waals surface area contributed by atoms with Crippen LogP contribution in [0.5, 0.6) is 0 Å². The van der Waals surface area contributed by atoms with E-state index in [1.807, 2.05) is 19.1 Å². The Morgan fingerprint density at radius 2 is 1.94 bits per heavy atom. The molecule has 1 N–H and O–H groups in total. The molecule has 0 fully saturated rings. The average Bonchev–Trinajstić information content (AvgIpc) is 2.28. The summed E-state index contributed by atoms with van der Waals surface area (Å²) in [6, 6.07) is 6.95. The number of benzene rings is 1. The van der Waals surface area contributed by atoms with Gasteiger partial charge in [0.05, 0.1) is 5.16 Å². The van der Waals surface area contributed by atoms with Crippen molar-refractivity contribution in [3.05, 3.63) is 35.4 Å². The van der Waals surface area contributed by atoms with Crippen LogP contribution in [0.1, 0.15) is 15.9 Å². The average molecular weight is 324 g/mol. The number of rotatable bonds is 3. The van der Waals surface area contributed by atoms with E-state index in [1.54, 1.807) is 12.1 Å². The summed E-state index contributed by atoms with van der Waals surface area (Å²) in [6.45, 7) is 1.92. The Labute approximate surface area is 125 Å². The predicted molar refractivity (Wildman–Crippen MR) is 77.7 cm³/mol. The maximum absolute atomic E-state index is 11.9. The highest BCUT2D eigenvalue weighted by Crippen LogP contribution is 2.31. The van der Waals surface area contributed by atoms with Gasteiger partial charge in [0.25, 0.3) is 5.91 Å². The van der Waals surface area contributed by atoms with Gasteiger partial charge in [0.2, 0.25) is 3.79 Å². The molecule has 96 valence electrons. The Morgan fingerprint density at radius 1 is 1.39 bits per heavy atom. The van der Waals surface area contributed by atoms with Crippen molar-refractivity contribution in [2.75, 3.05) is 0 Å². The summed E-state index contributed by atoms with van der Waals surface area (Å²) in [7, 11) is 0. The molecule has 18 heavy (non-hydrogen) atoms. The summed E-state index contributed by atoms with van der Waals surface area (Å²) in [6.07, 6.45) is -1.08. The topological polar surface area (TPSA) is 41.5 Å². The van der Waals surface area contributed by atoms with Crippen molar-refractivity contribution in [2.45, 2.75) is 16.9 Å². The molecule has 1 amide bonds. The monoisotopic (exact) mass is 322 g/mol. The SMILES string of the molecule is Cc1ccc(C(=O)NC(N=C=S)C(Cl)(Cl)Cl)cc1. The van der Waals surface area contributed by atoms with Gasteiger partial charge >= 0.3 is 0 Å². The number of thiocarbonyl (C=S) groups is 1. The highest BCUT2D eigenvalue weighted by atomic mass is 35.6. The van der Waals surface area contributed by atoms with E-state index >= 15 is 0 Å².